The molecule has 0 N–H and O–H groups in total. The second kappa shape index (κ2) is 6.54. The fourth-order valence-corrected chi connectivity index (χ4v) is 4.41. The topological polar surface area (TPSA) is 47.1 Å². The molecule has 140 valence electrons. The lowest BCUT2D eigenvalue weighted by molar-refractivity contribution is -0.123. The van der Waals surface area contributed by atoms with Gasteiger partial charge in [-0.2, -0.15) is 0 Å². The first-order valence-electron chi connectivity index (χ1n) is 9.30. The van der Waals surface area contributed by atoms with Gasteiger partial charge in [0.05, 0.1) is 12.1 Å². The first kappa shape index (κ1) is 17.3. The Morgan fingerprint density at radius 2 is 1.88 bits per heavy atom. The maximum Gasteiger partial charge on any atom is 0.320 e. The highest BCUT2D eigenvalue weighted by Crippen LogP contribution is 2.34. The SMILES string of the molecule is CN1CC(=O)N(c2cccc(F)c2)CC12CCN(C(=O)N1CCCC1)C2. The molecule has 0 radical (unpaired) electrons. The highest BCUT2D eigenvalue weighted by molar-refractivity contribution is 5.96. The Hall–Kier alpha value is -2.15. The van der Waals surface area contributed by atoms with E-state index in [1.165, 1.54) is 12.1 Å². The Labute approximate surface area is 153 Å². The van der Waals surface area contributed by atoms with Crippen molar-refractivity contribution in [1.82, 2.24) is 14.7 Å². The molecule has 0 aromatic heterocycles. The number of hydrogen-bond acceptors (Lipinski definition) is 3. The van der Waals surface area contributed by atoms with Crippen molar-refractivity contribution >= 4 is 17.6 Å². The smallest absolute Gasteiger partial charge is 0.320 e. The molecule has 0 bridgehead atoms. The third-order valence-electron chi connectivity index (χ3n) is 6.03. The normalized spacial score (nSPS) is 27.0. The Bertz CT molecular complexity index is 721. The Morgan fingerprint density at radius 1 is 1.12 bits per heavy atom. The van der Waals surface area contributed by atoms with Crippen LogP contribution in [0.3, 0.4) is 0 Å². The predicted octanol–water partition coefficient (Wildman–Crippen LogP) is 1.76. The number of rotatable bonds is 1. The number of nitrogens with zero attached hydrogens (tertiary/aromatic N) is 4. The molecule has 3 saturated heterocycles. The summed E-state index contributed by atoms with van der Waals surface area (Å²) in [5.74, 6) is -0.381. The van der Waals surface area contributed by atoms with Gasteiger partial charge in [0.2, 0.25) is 5.91 Å². The van der Waals surface area contributed by atoms with E-state index in [0.717, 1.165) is 32.4 Å². The molecule has 1 aromatic rings. The largest absolute Gasteiger partial charge is 0.325 e. The average molecular weight is 360 g/mol. The fraction of sp³-hybridized carbons (Fsp3) is 0.579. The molecule has 6 nitrogen and oxygen atoms in total. The van der Waals surface area contributed by atoms with E-state index in [2.05, 4.69) is 4.90 Å². The maximum atomic E-state index is 13.6. The van der Waals surface area contributed by atoms with Gasteiger partial charge in [0.25, 0.3) is 0 Å². The van der Waals surface area contributed by atoms with Crippen LogP contribution in [0.4, 0.5) is 14.9 Å². The number of likely N-dealkylation sites (tertiary alicyclic amines) is 2. The van der Waals surface area contributed by atoms with E-state index < -0.39 is 0 Å². The summed E-state index contributed by atoms with van der Waals surface area (Å²) < 4.78 is 13.6. The molecule has 3 fully saturated rings. The minimum atomic E-state index is -0.347. The molecule has 3 aliphatic rings. The zero-order valence-corrected chi connectivity index (χ0v) is 15.2. The molecule has 7 heteroatoms. The van der Waals surface area contributed by atoms with Crippen LogP contribution in [0.2, 0.25) is 0 Å². The highest BCUT2D eigenvalue weighted by atomic mass is 19.1. The minimum absolute atomic E-state index is 0.0342. The number of likely N-dealkylation sites (N-methyl/N-ethyl adjacent to an activating group) is 1. The van der Waals surface area contributed by atoms with E-state index in [-0.39, 0.29) is 29.8 Å². The van der Waals surface area contributed by atoms with Gasteiger partial charge in [-0.25, -0.2) is 9.18 Å². The molecule has 1 spiro atoms. The van der Waals surface area contributed by atoms with Gasteiger partial charge in [-0.3, -0.25) is 9.69 Å². The predicted molar refractivity (Wildman–Crippen MR) is 96.5 cm³/mol. The number of amides is 3. The second-order valence-corrected chi connectivity index (χ2v) is 7.69. The van der Waals surface area contributed by atoms with Crippen LogP contribution >= 0.6 is 0 Å². The number of urea groups is 1. The number of halogens is 1. The zero-order chi connectivity index (χ0) is 18.3. The first-order chi connectivity index (χ1) is 12.5. The fourth-order valence-electron chi connectivity index (χ4n) is 4.41. The molecular weight excluding hydrogens is 335 g/mol. The number of benzene rings is 1. The Morgan fingerprint density at radius 3 is 2.62 bits per heavy atom. The molecule has 0 saturated carbocycles. The molecule has 4 rings (SSSR count). The van der Waals surface area contributed by atoms with Crippen LogP contribution < -0.4 is 4.90 Å². The van der Waals surface area contributed by atoms with Crippen molar-refractivity contribution in [2.24, 2.45) is 0 Å². The van der Waals surface area contributed by atoms with E-state index in [9.17, 15) is 14.0 Å². The van der Waals surface area contributed by atoms with E-state index in [4.69, 9.17) is 0 Å². The molecule has 1 unspecified atom stereocenters. The summed E-state index contributed by atoms with van der Waals surface area (Å²) in [6, 6.07) is 6.29. The van der Waals surface area contributed by atoms with E-state index in [1.807, 2.05) is 16.8 Å². The van der Waals surface area contributed by atoms with Gasteiger partial charge in [-0.1, -0.05) is 6.07 Å². The van der Waals surface area contributed by atoms with Crippen molar-refractivity contribution in [2.75, 3.05) is 51.2 Å². The Balaban J connectivity index is 1.53. The van der Waals surface area contributed by atoms with Gasteiger partial charge in [-0.15, -0.1) is 0 Å². The second-order valence-electron chi connectivity index (χ2n) is 7.69. The molecule has 26 heavy (non-hydrogen) atoms. The Kier molecular flexibility index (Phi) is 4.34. The van der Waals surface area contributed by atoms with Crippen LogP contribution in [0, 0.1) is 5.82 Å². The van der Waals surface area contributed by atoms with Crippen molar-refractivity contribution in [3.8, 4) is 0 Å². The molecule has 3 heterocycles. The summed E-state index contributed by atoms with van der Waals surface area (Å²) in [4.78, 5) is 32.9. The summed E-state index contributed by atoms with van der Waals surface area (Å²) in [6.07, 6.45) is 2.97. The molecule has 3 amide bonds. The standard InChI is InChI=1S/C19H25FN4O2/c1-21-12-17(25)24(16-6-4-5-15(20)11-16)14-19(21)7-10-23(13-19)18(26)22-8-2-3-9-22/h4-6,11H,2-3,7-10,12-14H2,1H3. The lowest BCUT2D eigenvalue weighted by Crippen LogP contribution is -2.64. The lowest BCUT2D eigenvalue weighted by Gasteiger charge is -2.46. The van der Waals surface area contributed by atoms with Crippen molar-refractivity contribution in [2.45, 2.75) is 24.8 Å². The summed E-state index contributed by atoms with van der Waals surface area (Å²) in [5, 5.41) is 0. The van der Waals surface area contributed by atoms with Crippen molar-refractivity contribution in [3.63, 3.8) is 0 Å². The third-order valence-corrected chi connectivity index (χ3v) is 6.03. The van der Waals surface area contributed by atoms with Crippen molar-refractivity contribution in [1.29, 1.82) is 0 Å². The molecular formula is C19H25FN4O2. The number of carbonyl (C=O) groups is 2. The average Bonchev–Trinajstić information content (AvgIpc) is 3.29. The van der Waals surface area contributed by atoms with Crippen LogP contribution in [-0.4, -0.2) is 78.5 Å². The number of hydrogen-bond donors (Lipinski definition) is 0. The quantitative estimate of drug-likeness (QED) is 0.767. The van der Waals surface area contributed by atoms with Crippen LogP contribution in [0.5, 0.6) is 0 Å². The summed E-state index contributed by atoms with van der Waals surface area (Å²) in [6.45, 7) is 3.75. The van der Waals surface area contributed by atoms with Gasteiger partial charge >= 0.3 is 6.03 Å². The van der Waals surface area contributed by atoms with Crippen molar-refractivity contribution < 1.29 is 14.0 Å². The van der Waals surface area contributed by atoms with Crippen LogP contribution in [0.15, 0.2) is 24.3 Å². The van der Waals surface area contributed by atoms with Gasteiger partial charge < -0.3 is 14.7 Å². The van der Waals surface area contributed by atoms with Gasteiger partial charge in [0.1, 0.15) is 5.82 Å². The molecule has 1 atom stereocenters. The summed E-state index contributed by atoms with van der Waals surface area (Å²) >= 11 is 0. The van der Waals surface area contributed by atoms with Gasteiger partial charge in [0, 0.05) is 38.4 Å². The third kappa shape index (κ3) is 2.94. The lowest BCUT2D eigenvalue weighted by atomic mass is 9.92. The van der Waals surface area contributed by atoms with E-state index >= 15 is 0 Å². The van der Waals surface area contributed by atoms with E-state index in [1.54, 1.807) is 17.0 Å². The number of piperazine rings is 1. The monoisotopic (exact) mass is 360 g/mol. The molecule has 0 aliphatic carbocycles. The van der Waals surface area contributed by atoms with Crippen LogP contribution in [-0.2, 0) is 4.79 Å². The van der Waals surface area contributed by atoms with Crippen LogP contribution in [0.1, 0.15) is 19.3 Å². The minimum Gasteiger partial charge on any atom is -0.325 e. The van der Waals surface area contributed by atoms with Crippen LogP contribution in [0.25, 0.3) is 0 Å². The summed E-state index contributed by atoms with van der Waals surface area (Å²) in [5.41, 5.74) is 0.321. The van der Waals surface area contributed by atoms with E-state index in [0.29, 0.717) is 25.3 Å². The maximum absolute atomic E-state index is 13.6. The molecule has 1 aromatic carbocycles. The zero-order valence-electron chi connectivity index (χ0n) is 15.2. The first-order valence-corrected chi connectivity index (χ1v) is 9.30. The van der Waals surface area contributed by atoms with Gasteiger partial charge in [-0.05, 0) is 44.5 Å². The number of carbonyl (C=O) groups excluding carboxylic acids is 2. The molecule has 3 aliphatic heterocycles. The van der Waals surface area contributed by atoms with Crippen molar-refractivity contribution in [3.05, 3.63) is 30.1 Å². The van der Waals surface area contributed by atoms with Gasteiger partial charge in [0.15, 0.2) is 0 Å². The number of anilines is 1. The highest BCUT2D eigenvalue weighted by Gasteiger charge is 2.49. The summed E-state index contributed by atoms with van der Waals surface area (Å²) in [7, 11) is 1.95.